The largest absolute Gasteiger partial charge is 0.389 e. The topological polar surface area (TPSA) is 23.5 Å². The predicted molar refractivity (Wildman–Crippen MR) is 67.5 cm³/mol. The van der Waals surface area contributed by atoms with Crippen molar-refractivity contribution in [3.8, 4) is 0 Å². The van der Waals surface area contributed by atoms with E-state index in [-0.39, 0.29) is 5.60 Å². The van der Waals surface area contributed by atoms with Gasteiger partial charge in [-0.25, -0.2) is 0 Å². The molecule has 0 aromatic heterocycles. The summed E-state index contributed by atoms with van der Waals surface area (Å²) in [5.41, 5.74) is 0.219. The van der Waals surface area contributed by atoms with Gasteiger partial charge in [0.15, 0.2) is 0 Å². The van der Waals surface area contributed by atoms with Crippen molar-refractivity contribution in [2.24, 2.45) is 5.41 Å². The van der Waals surface area contributed by atoms with Crippen molar-refractivity contribution in [2.45, 2.75) is 64.4 Å². The summed E-state index contributed by atoms with van der Waals surface area (Å²) in [6.07, 6.45) is 8.38. The van der Waals surface area contributed by atoms with Crippen LogP contribution < -0.4 is 0 Å². The summed E-state index contributed by atoms with van der Waals surface area (Å²) in [5.74, 6) is 0. The van der Waals surface area contributed by atoms with Crippen LogP contribution in [-0.4, -0.2) is 35.2 Å². The van der Waals surface area contributed by atoms with E-state index in [1.807, 2.05) is 0 Å². The van der Waals surface area contributed by atoms with Crippen LogP contribution >= 0.6 is 0 Å². The Morgan fingerprint density at radius 2 is 1.56 bits per heavy atom. The lowest BCUT2D eigenvalue weighted by molar-refractivity contribution is -0.0848. The number of rotatable bonds is 4. The number of nitrogens with zero attached hydrogens (tertiary/aromatic N) is 1. The fourth-order valence-corrected chi connectivity index (χ4v) is 3.50. The minimum Gasteiger partial charge on any atom is -0.389 e. The molecule has 2 nitrogen and oxygen atoms in total. The average Bonchev–Trinajstić information content (AvgIpc) is 2.24. The molecular formula is C14H27NO. The van der Waals surface area contributed by atoms with Crippen molar-refractivity contribution >= 4 is 0 Å². The Bertz CT molecular complexity index is 221. The first-order valence-electron chi connectivity index (χ1n) is 7.06. The highest BCUT2D eigenvalue weighted by Crippen LogP contribution is 2.39. The van der Waals surface area contributed by atoms with Crippen LogP contribution in [0.3, 0.4) is 0 Å². The molecule has 0 atom stereocenters. The van der Waals surface area contributed by atoms with Gasteiger partial charge in [-0.3, -0.25) is 4.90 Å². The zero-order chi connectivity index (χ0) is 11.6. The van der Waals surface area contributed by atoms with Gasteiger partial charge in [-0.15, -0.1) is 0 Å². The lowest BCUT2D eigenvalue weighted by Crippen LogP contribution is -2.60. The third kappa shape index (κ3) is 2.43. The van der Waals surface area contributed by atoms with Crippen LogP contribution in [0.25, 0.3) is 0 Å². The Balaban J connectivity index is 1.80. The van der Waals surface area contributed by atoms with Crippen LogP contribution in [0.15, 0.2) is 0 Å². The first-order chi connectivity index (χ1) is 7.61. The lowest BCUT2D eigenvalue weighted by atomic mass is 9.73. The molecule has 2 fully saturated rings. The molecule has 2 rings (SSSR count). The molecule has 0 spiro atoms. The third-order valence-corrected chi connectivity index (χ3v) is 4.92. The number of likely N-dealkylation sites (tertiary alicyclic amines) is 1. The summed E-state index contributed by atoms with van der Waals surface area (Å²) in [6.45, 7) is 7.95. The van der Waals surface area contributed by atoms with Crippen LogP contribution in [0.4, 0.5) is 0 Å². The fourth-order valence-electron chi connectivity index (χ4n) is 3.50. The molecule has 1 aliphatic carbocycles. The van der Waals surface area contributed by atoms with Crippen LogP contribution in [-0.2, 0) is 0 Å². The molecule has 94 valence electrons. The van der Waals surface area contributed by atoms with Crippen LogP contribution in [0, 0.1) is 5.41 Å². The van der Waals surface area contributed by atoms with Gasteiger partial charge in [-0.1, -0.05) is 33.1 Å². The van der Waals surface area contributed by atoms with Crippen LogP contribution in [0.5, 0.6) is 0 Å². The van der Waals surface area contributed by atoms with Crippen molar-refractivity contribution in [3.63, 3.8) is 0 Å². The molecular weight excluding hydrogens is 198 g/mol. The summed E-state index contributed by atoms with van der Waals surface area (Å²) in [7, 11) is 0. The molecule has 2 aliphatic rings. The zero-order valence-corrected chi connectivity index (χ0v) is 11.0. The zero-order valence-electron chi connectivity index (χ0n) is 11.0. The molecule has 0 aromatic rings. The third-order valence-electron chi connectivity index (χ3n) is 4.92. The van der Waals surface area contributed by atoms with E-state index < -0.39 is 0 Å². The Labute approximate surface area is 100 Å². The van der Waals surface area contributed by atoms with Crippen LogP contribution in [0.1, 0.15) is 58.8 Å². The van der Waals surface area contributed by atoms with E-state index in [1.165, 1.54) is 45.2 Å². The fraction of sp³-hybridized carbons (Fsp3) is 1.00. The maximum atomic E-state index is 10.5. The maximum Gasteiger partial charge on any atom is 0.0774 e. The van der Waals surface area contributed by atoms with Crippen molar-refractivity contribution in [1.29, 1.82) is 0 Å². The summed E-state index contributed by atoms with van der Waals surface area (Å²) in [6, 6.07) is 0. The summed E-state index contributed by atoms with van der Waals surface area (Å²) in [5, 5.41) is 10.5. The van der Waals surface area contributed by atoms with Crippen molar-refractivity contribution in [3.05, 3.63) is 0 Å². The monoisotopic (exact) mass is 225 g/mol. The van der Waals surface area contributed by atoms with E-state index in [4.69, 9.17) is 0 Å². The lowest BCUT2D eigenvalue weighted by Gasteiger charge is -2.52. The molecule has 0 bridgehead atoms. The molecule has 0 radical (unpaired) electrons. The van der Waals surface area contributed by atoms with E-state index in [0.717, 1.165) is 19.4 Å². The van der Waals surface area contributed by atoms with E-state index >= 15 is 0 Å². The minimum atomic E-state index is -0.355. The van der Waals surface area contributed by atoms with E-state index in [2.05, 4.69) is 18.7 Å². The van der Waals surface area contributed by atoms with Gasteiger partial charge in [-0.05, 0) is 31.1 Å². The number of aliphatic hydroxyl groups is 1. The average molecular weight is 225 g/mol. The molecule has 1 saturated heterocycles. The van der Waals surface area contributed by atoms with Crippen molar-refractivity contribution < 1.29 is 5.11 Å². The van der Waals surface area contributed by atoms with Gasteiger partial charge in [0.05, 0.1) is 5.60 Å². The molecule has 1 N–H and O–H groups in total. The second-order valence-corrected chi connectivity index (χ2v) is 6.14. The smallest absolute Gasteiger partial charge is 0.0774 e. The molecule has 0 aromatic carbocycles. The highest BCUT2D eigenvalue weighted by Gasteiger charge is 2.43. The van der Waals surface area contributed by atoms with Gasteiger partial charge in [0.25, 0.3) is 0 Å². The van der Waals surface area contributed by atoms with Gasteiger partial charge in [-0.2, -0.15) is 0 Å². The summed E-state index contributed by atoms with van der Waals surface area (Å²) < 4.78 is 0. The van der Waals surface area contributed by atoms with Gasteiger partial charge in [0.1, 0.15) is 0 Å². The van der Waals surface area contributed by atoms with E-state index in [1.54, 1.807) is 0 Å². The normalized spacial score (nSPS) is 28.7. The number of hydrogen-bond donors (Lipinski definition) is 1. The second kappa shape index (κ2) is 4.66. The molecule has 0 amide bonds. The predicted octanol–water partition coefficient (Wildman–Crippen LogP) is 2.80. The molecule has 16 heavy (non-hydrogen) atoms. The highest BCUT2D eigenvalue weighted by molar-refractivity contribution is 4.97. The number of β-amino-alcohol motifs (C(OH)–C–C–N with tert-alkyl or cyclic N) is 1. The Kier molecular flexibility index (Phi) is 3.60. The first kappa shape index (κ1) is 12.4. The Morgan fingerprint density at radius 3 is 2.06 bits per heavy atom. The summed E-state index contributed by atoms with van der Waals surface area (Å²) >= 11 is 0. The van der Waals surface area contributed by atoms with Gasteiger partial charge >= 0.3 is 0 Å². The molecule has 0 unspecified atom stereocenters. The second-order valence-electron chi connectivity index (χ2n) is 6.14. The highest BCUT2D eigenvalue weighted by atomic mass is 16.3. The van der Waals surface area contributed by atoms with Crippen molar-refractivity contribution in [2.75, 3.05) is 19.6 Å². The number of hydrogen-bond acceptors (Lipinski definition) is 2. The molecule has 1 aliphatic heterocycles. The summed E-state index contributed by atoms with van der Waals surface area (Å²) in [4.78, 5) is 2.47. The van der Waals surface area contributed by atoms with Crippen molar-refractivity contribution in [1.82, 2.24) is 4.90 Å². The van der Waals surface area contributed by atoms with Gasteiger partial charge < -0.3 is 5.11 Å². The van der Waals surface area contributed by atoms with E-state index in [0.29, 0.717) is 5.41 Å². The minimum absolute atomic E-state index is 0.355. The maximum absolute atomic E-state index is 10.5. The van der Waals surface area contributed by atoms with E-state index in [9.17, 15) is 5.11 Å². The van der Waals surface area contributed by atoms with Gasteiger partial charge in [0, 0.05) is 19.6 Å². The standard InChI is InChI=1S/C14H27NO/c1-3-13(4-2)10-15(11-13)12-14(16)8-6-5-7-9-14/h16H,3-12H2,1-2H3. The quantitative estimate of drug-likeness (QED) is 0.795. The van der Waals surface area contributed by atoms with Gasteiger partial charge in [0.2, 0.25) is 0 Å². The molecule has 2 heteroatoms. The van der Waals surface area contributed by atoms with Crippen LogP contribution in [0.2, 0.25) is 0 Å². The molecule has 1 heterocycles. The molecule has 1 saturated carbocycles. The Hall–Kier alpha value is -0.0800. The Morgan fingerprint density at radius 1 is 1.00 bits per heavy atom. The first-order valence-corrected chi connectivity index (χ1v) is 7.06. The SMILES string of the molecule is CCC1(CC)CN(CC2(O)CCCCC2)C1.